The van der Waals surface area contributed by atoms with Crippen molar-refractivity contribution in [2.75, 3.05) is 66.2 Å². The molecule has 3 aromatic rings. The highest BCUT2D eigenvalue weighted by Crippen LogP contribution is 2.38. The summed E-state index contributed by atoms with van der Waals surface area (Å²) in [6, 6.07) is 29.8. The number of phosphoric acid groups is 1. The number of hydrogen-bond donors (Lipinski definition) is 2. The Bertz CT molecular complexity index is 2210. The van der Waals surface area contributed by atoms with E-state index in [0.717, 1.165) is 96.9 Å². The second-order valence-corrected chi connectivity index (χ2v) is 25.3. The molecule has 14 heteroatoms. The van der Waals surface area contributed by atoms with E-state index >= 15 is 0 Å². The van der Waals surface area contributed by atoms with Crippen LogP contribution in [0.2, 0.25) is 0 Å². The van der Waals surface area contributed by atoms with E-state index in [2.05, 4.69) is 140 Å². The van der Waals surface area contributed by atoms with E-state index in [-0.39, 0.29) is 31.3 Å². The number of nitrogens with one attached hydrogen (secondary N) is 2. The summed E-state index contributed by atoms with van der Waals surface area (Å²) < 4.78 is 37.6. The van der Waals surface area contributed by atoms with E-state index in [1.807, 2.05) is 0 Å². The number of phosphoric ester groups is 1. The van der Waals surface area contributed by atoms with Crippen LogP contribution in [-0.2, 0) is 37.5 Å². The third kappa shape index (κ3) is 42.6. The van der Waals surface area contributed by atoms with Crippen LogP contribution in [0.4, 0.5) is 0 Å². The fourth-order valence-electron chi connectivity index (χ4n) is 10.8. The highest BCUT2D eigenvalue weighted by molar-refractivity contribution is 7.45. The van der Waals surface area contributed by atoms with Gasteiger partial charge in [-0.25, -0.2) is 0 Å². The first-order valence-electron chi connectivity index (χ1n) is 35.1. The molecular weight excluding hydrogens is 1120 g/mol. The van der Waals surface area contributed by atoms with E-state index in [0.29, 0.717) is 19.6 Å². The Balaban J connectivity index is 0.000000613. The molecule has 2 N–H and O–H groups in total. The molecule has 0 aliphatic heterocycles. The summed E-state index contributed by atoms with van der Waals surface area (Å²) in [6.45, 7) is 15.8. The Morgan fingerprint density at radius 3 is 1.40 bits per heavy atom. The fourth-order valence-corrected chi connectivity index (χ4v) is 11.2. The molecule has 13 nitrogen and oxygen atoms in total. The van der Waals surface area contributed by atoms with Crippen LogP contribution >= 0.6 is 7.82 Å². The van der Waals surface area contributed by atoms with Crippen LogP contribution < -0.4 is 20.3 Å². The molecular formula is C74H123N3O10P-. The van der Waals surface area contributed by atoms with Crippen LogP contribution in [0.3, 0.4) is 0 Å². The van der Waals surface area contributed by atoms with Crippen LogP contribution in [0, 0.1) is 0 Å². The molecule has 0 saturated heterocycles. The zero-order valence-corrected chi connectivity index (χ0v) is 57.1. The zero-order valence-electron chi connectivity index (χ0n) is 56.2. The number of esters is 2. The van der Waals surface area contributed by atoms with Crippen molar-refractivity contribution in [2.24, 2.45) is 0 Å². The van der Waals surface area contributed by atoms with Gasteiger partial charge in [-0.05, 0) is 91.7 Å². The zero-order chi connectivity index (χ0) is 63.8. The number of unbranched alkanes of at least 4 members (excludes halogenated alkanes) is 28. The number of hydrogen-bond acceptors (Lipinski definition) is 12. The minimum absolute atomic E-state index is 0.0556. The number of nitrogens with zero attached hydrogens (tertiary/aromatic N) is 1. The van der Waals surface area contributed by atoms with Gasteiger partial charge in [-0.15, -0.1) is 0 Å². The largest absolute Gasteiger partial charge is 0.756 e. The van der Waals surface area contributed by atoms with E-state index < -0.39 is 26.5 Å². The first-order valence-corrected chi connectivity index (χ1v) is 36.6. The molecule has 0 aliphatic carbocycles. The highest BCUT2D eigenvalue weighted by atomic mass is 31.2. The third-order valence-corrected chi connectivity index (χ3v) is 17.1. The Morgan fingerprint density at radius 1 is 0.500 bits per heavy atom. The lowest BCUT2D eigenvalue weighted by molar-refractivity contribution is -0.226. The van der Waals surface area contributed by atoms with Gasteiger partial charge in [0.25, 0.3) is 7.82 Å². The number of ether oxygens (including phenoxy) is 3. The number of carbonyl (C=O) groups excluding carboxylic acids is 3. The van der Waals surface area contributed by atoms with Crippen molar-refractivity contribution in [3.63, 3.8) is 0 Å². The molecule has 0 aliphatic rings. The lowest BCUT2D eigenvalue weighted by atomic mass is 9.87. The van der Waals surface area contributed by atoms with Gasteiger partial charge in [0.2, 0.25) is 5.91 Å². The topological polar surface area (TPSA) is 165 Å². The first kappa shape index (κ1) is 79.7. The molecule has 0 radical (unpaired) electrons. The summed E-state index contributed by atoms with van der Waals surface area (Å²) in [5, 5.41) is 6.23. The summed E-state index contributed by atoms with van der Waals surface area (Å²) in [4.78, 5) is 50.8. The standard InChI is InChI=1S/C40H79O8P.C34H45N3O2/c1-4-6-8-10-12-14-16-18-20-22-24-26-28-30-32-34-39(41)46-36-38(37-47-49(43,44)45-3)48-40(42)35-33-31-29-27-25-23-21-19-17-15-13-11-9-7-5-2;1-4-23-36-33(38)27-35-24-13-18-32(28-14-9-7-10-15-28)34(29-16-11-8-12-17-29)30-19-21-31(22-20-30)39-26-25-37(5-2)6-3/h38H,4-37H2,1-3H3,(H,43,44);7-12,14-17,19-22,35H,4-6,13,18,23-27H2,1-3H3,(H,36,38)/p-1/b;34-32-. The molecule has 500 valence electrons. The summed E-state index contributed by atoms with van der Waals surface area (Å²) in [5.41, 5.74) is 6.12. The monoisotopic (exact) mass is 1240 g/mol. The molecule has 88 heavy (non-hydrogen) atoms. The number of benzene rings is 3. The summed E-state index contributed by atoms with van der Waals surface area (Å²) in [5.74, 6) is 0.125. The number of likely N-dealkylation sites (N-methyl/N-ethyl adjacent to an activating group) is 1. The quantitative estimate of drug-likeness (QED) is 0.0238. The van der Waals surface area contributed by atoms with Gasteiger partial charge in [0.1, 0.15) is 19.0 Å². The maximum atomic E-state index is 12.5. The number of rotatable bonds is 56. The van der Waals surface area contributed by atoms with Crippen molar-refractivity contribution in [3.05, 3.63) is 102 Å². The van der Waals surface area contributed by atoms with Crippen LogP contribution in [0.5, 0.6) is 5.75 Å². The number of carbonyl (C=O) groups is 3. The van der Waals surface area contributed by atoms with Gasteiger partial charge in [-0.1, -0.05) is 287 Å². The average Bonchev–Trinajstić information content (AvgIpc) is 1.31. The molecule has 0 fully saturated rings. The molecule has 0 saturated carbocycles. The van der Waals surface area contributed by atoms with Crippen molar-refractivity contribution in [3.8, 4) is 5.75 Å². The summed E-state index contributed by atoms with van der Waals surface area (Å²) in [6.07, 6.45) is 39.7. The van der Waals surface area contributed by atoms with Crippen molar-refractivity contribution in [1.82, 2.24) is 15.5 Å². The molecule has 3 aromatic carbocycles. The first-order chi connectivity index (χ1) is 43.0. The molecule has 2 unspecified atom stereocenters. The van der Waals surface area contributed by atoms with E-state index in [9.17, 15) is 23.8 Å². The van der Waals surface area contributed by atoms with Crippen LogP contribution in [-0.4, -0.2) is 95.0 Å². The Morgan fingerprint density at radius 2 is 0.943 bits per heavy atom. The second-order valence-electron chi connectivity index (χ2n) is 23.7. The van der Waals surface area contributed by atoms with Crippen molar-refractivity contribution in [1.29, 1.82) is 0 Å². The summed E-state index contributed by atoms with van der Waals surface area (Å²) in [7, 11) is -3.50. The lowest BCUT2D eigenvalue weighted by Gasteiger charge is -2.24. The second kappa shape index (κ2) is 55.5. The molecule has 0 bridgehead atoms. The number of allylic oxidation sites excluding steroid dienone is 1. The summed E-state index contributed by atoms with van der Waals surface area (Å²) >= 11 is 0. The van der Waals surface area contributed by atoms with Gasteiger partial charge >= 0.3 is 11.9 Å². The van der Waals surface area contributed by atoms with E-state index in [1.54, 1.807) is 0 Å². The maximum Gasteiger partial charge on any atom is 0.306 e. The van der Waals surface area contributed by atoms with Gasteiger partial charge in [0.15, 0.2) is 6.10 Å². The average molecular weight is 1250 g/mol. The maximum absolute atomic E-state index is 12.5. The Kier molecular flexibility index (Phi) is 50.3. The SMILES string of the molecule is CCCCCCCCCCCCCCCCCC(=O)OCC(COP(=O)([O-])OC)OC(=O)CCCCCCCCCCCCCCCCC.CCCNC(=O)CNCCC/C(=C(\c1ccccc1)c1ccc(OCCN(CC)CC)cc1)c1ccccc1. The molecule has 1 amide bonds. The fraction of sp³-hybridized carbons (Fsp3) is 0.689. The molecule has 0 aromatic heterocycles. The highest BCUT2D eigenvalue weighted by Gasteiger charge is 2.21. The molecule has 0 heterocycles. The molecule has 0 spiro atoms. The minimum Gasteiger partial charge on any atom is -0.756 e. The van der Waals surface area contributed by atoms with Gasteiger partial charge in [-0.3, -0.25) is 18.9 Å². The van der Waals surface area contributed by atoms with Crippen LogP contribution in [0.25, 0.3) is 11.1 Å². The van der Waals surface area contributed by atoms with Gasteiger partial charge in [0, 0.05) is 33.0 Å². The Hall–Kier alpha value is -4.36. The van der Waals surface area contributed by atoms with E-state index in [4.69, 9.17) is 18.7 Å². The lowest BCUT2D eigenvalue weighted by Crippen LogP contribution is -2.34. The third-order valence-electron chi connectivity index (χ3n) is 16.2. The Labute approximate surface area is 536 Å². The van der Waals surface area contributed by atoms with Crippen LogP contribution in [0.1, 0.15) is 276 Å². The smallest absolute Gasteiger partial charge is 0.306 e. The minimum atomic E-state index is -4.50. The predicted molar refractivity (Wildman–Crippen MR) is 364 cm³/mol. The van der Waals surface area contributed by atoms with Crippen molar-refractivity contribution >= 4 is 36.8 Å². The number of amides is 1. The van der Waals surface area contributed by atoms with Gasteiger partial charge in [0.05, 0.1) is 13.2 Å². The molecule has 2 atom stereocenters. The van der Waals surface area contributed by atoms with E-state index in [1.165, 1.54) is 182 Å². The predicted octanol–water partition coefficient (Wildman–Crippen LogP) is 18.4. The van der Waals surface area contributed by atoms with Crippen LogP contribution in [0.15, 0.2) is 84.9 Å². The normalized spacial score (nSPS) is 12.6. The van der Waals surface area contributed by atoms with Crippen molar-refractivity contribution in [2.45, 2.75) is 265 Å². The molecule has 3 rings (SSSR count). The van der Waals surface area contributed by atoms with Gasteiger partial charge < -0.3 is 43.7 Å². The van der Waals surface area contributed by atoms with Crippen molar-refractivity contribution < 1.29 is 47.1 Å². The van der Waals surface area contributed by atoms with Gasteiger partial charge in [-0.2, -0.15) is 0 Å².